The molecule has 0 saturated carbocycles. The van der Waals surface area contributed by atoms with Crippen LogP contribution in [-0.4, -0.2) is 22.8 Å². The molecular formula is C8H12N2O2. The molecule has 0 atom stereocenters. The molecule has 66 valence electrons. The number of rotatable bonds is 1. The molecule has 0 spiro atoms. The summed E-state index contributed by atoms with van der Waals surface area (Å²) in [6.45, 7) is 3.65. The summed E-state index contributed by atoms with van der Waals surface area (Å²) in [4.78, 5) is 9.82. The standard InChI is InChI=1S/C4H4N2.C4H8O2/c1-2-4-6-5-3-1;1-3-6-4(2)5/h1-4H;3H2,1-2H3. The second kappa shape index (κ2) is 7.65. The zero-order valence-electron chi connectivity index (χ0n) is 7.23. The van der Waals surface area contributed by atoms with Crippen molar-refractivity contribution in [2.24, 2.45) is 0 Å². The van der Waals surface area contributed by atoms with Gasteiger partial charge in [0, 0.05) is 19.3 Å². The van der Waals surface area contributed by atoms with E-state index >= 15 is 0 Å². The third kappa shape index (κ3) is 8.55. The van der Waals surface area contributed by atoms with Crippen LogP contribution in [0.25, 0.3) is 0 Å². The van der Waals surface area contributed by atoms with Crippen LogP contribution in [0.3, 0.4) is 0 Å². The SMILES string of the molecule is CCOC(C)=O.c1ccnnc1. The molecular weight excluding hydrogens is 156 g/mol. The largest absolute Gasteiger partial charge is 0.466 e. The molecule has 0 aliphatic heterocycles. The van der Waals surface area contributed by atoms with Gasteiger partial charge >= 0.3 is 5.97 Å². The lowest BCUT2D eigenvalue weighted by Crippen LogP contribution is -1.95. The predicted molar refractivity (Wildman–Crippen MR) is 44.3 cm³/mol. The molecule has 0 N–H and O–H groups in total. The van der Waals surface area contributed by atoms with Crippen molar-refractivity contribution in [3.05, 3.63) is 24.5 Å². The summed E-state index contributed by atoms with van der Waals surface area (Å²) < 4.78 is 4.40. The van der Waals surface area contributed by atoms with Crippen LogP contribution in [0.2, 0.25) is 0 Å². The van der Waals surface area contributed by atoms with Crippen molar-refractivity contribution < 1.29 is 9.53 Å². The highest BCUT2D eigenvalue weighted by molar-refractivity contribution is 5.65. The Morgan fingerprint density at radius 1 is 1.33 bits per heavy atom. The summed E-state index contributed by atoms with van der Waals surface area (Å²) in [6.07, 6.45) is 3.28. The number of ether oxygens (including phenoxy) is 1. The van der Waals surface area contributed by atoms with E-state index in [0.717, 1.165) is 0 Å². The Morgan fingerprint density at radius 3 is 1.92 bits per heavy atom. The van der Waals surface area contributed by atoms with Crippen molar-refractivity contribution in [2.45, 2.75) is 13.8 Å². The molecule has 1 aromatic rings. The quantitative estimate of drug-likeness (QED) is 0.588. The van der Waals surface area contributed by atoms with E-state index in [9.17, 15) is 4.79 Å². The van der Waals surface area contributed by atoms with E-state index in [-0.39, 0.29) is 5.97 Å². The molecule has 0 aliphatic rings. The van der Waals surface area contributed by atoms with Gasteiger partial charge < -0.3 is 4.74 Å². The highest BCUT2D eigenvalue weighted by atomic mass is 16.5. The van der Waals surface area contributed by atoms with Crippen LogP contribution in [0.15, 0.2) is 24.5 Å². The monoisotopic (exact) mass is 168 g/mol. The van der Waals surface area contributed by atoms with Gasteiger partial charge in [-0.05, 0) is 19.1 Å². The van der Waals surface area contributed by atoms with Crippen molar-refractivity contribution in [3.8, 4) is 0 Å². The Bertz CT molecular complexity index is 175. The summed E-state index contributed by atoms with van der Waals surface area (Å²) in [5, 5.41) is 7.07. The minimum absolute atomic E-state index is 0.211. The molecule has 0 aliphatic carbocycles. The molecule has 0 bridgehead atoms. The topological polar surface area (TPSA) is 52.1 Å². The first-order chi connectivity index (χ1) is 5.77. The first-order valence-corrected chi connectivity index (χ1v) is 3.62. The van der Waals surface area contributed by atoms with Gasteiger partial charge in [0.05, 0.1) is 6.61 Å². The summed E-state index contributed by atoms with van der Waals surface area (Å²) in [6, 6.07) is 3.65. The van der Waals surface area contributed by atoms with E-state index in [1.54, 1.807) is 19.3 Å². The maximum atomic E-state index is 9.82. The van der Waals surface area contributed by atoms with Crippen molar-refractivity contribution in [2.75, 3.05) is 6.61 Å². The number of nitrogens with zero attached hydrogens (tertiary/aromatic N) is 2. The normalized spacial score (nSPS) is 7.83. The third-order valence-electron chi connectivity index (χ3n) is 0.831. The van der Waals surface area contributed by atoms with Gasteiger partial charge in [-0.15, -0.1) is 0 Å². The summed E-state index contributed by atoms with van der Waals surface area (Å²) >= 11 is 0. The van der Waals surface area contributed by atoms with Gasteiger partial charge in [-0.25, -0.2) is 0 Å². The number of carbonyl (C=O) groups is 1. The van der Waals surface area contributed by atoms with Crippen LogP contribution in [-0.2, 0) is 9.53 Å². The Balaban J connectivity index is 0.000000202. The first kappa shape index (κ1) is 10.6. The van der Waals surface area contributed by atoms with Crippen molar-refractivity contribution in [3.63, 3.8) is 0 Å². The fourth-order valence-electron chi connectivity index (χ4n) is 0.457. The lowest BCUT2D eigenvalue weighted by Gasteiger charge is -1.89. The molecule has 0 fully saturated rings. The van der Waals surface area contributed by atoms with E-state index in [2.05, 4.69) is 14.9 Å². The Morgan fingerprint density at radius 2 is 1.83 bits per heavy atom. The Kier molecular flexibility index (Phi) is 6.73. The Labute approximate surface area is 71.6 Å². The second-order valence-electron chi connectivity index (χ2n) is 1.84. The van der Waals surface area contributed by atoms with Crippen LogP contribution >= 0.6 is 0 Å². The van der Waals surface area contributed by atoms with Gasteiger partial charge in [0.1, 0.15) is 0 Å². The second-order valence-corrected chi connectivity index (χ2v) is 1.84. The highest BCUT2D eigenvalue weighted by Crippen LogP contribution is 1.69. The van der Waals surface area contributed by atoms with Gasteiger partial charge in [0.2, 0.25) is 0 Å². The predicted octanol–water partition coefficient (Wildman–Crippen LogP) is 1.05. The van der Waals surface area contributed by atoms with Crippen LogP contribution in [0.5, 0.6) is 0 Å². The van der Waals surface area contributed by atoms with Crippen molar-refractivity contribution >= 4 is 5.97 Å². The molecule has 0 saturated heterocycles. The number of hydrogen-bond donors (Lipinski definition) is 0. The lowest BCUT2D eigenvalue weighted by atomic mass is 10.6. The number of carbonyl (C=O) groups excluding carboxylic acids is 1. The molecule has 4 nitrogen and oxygen atoms in total. The fourth-order valence-corrected chi connectivity index (χ4v) is 0.457. The van der Waals surface area contributed by atoms with Gasteiger partial charge in [0.25, 0.3) is 0 Å². The molecule has 1 heterocycles. The van der Waals surface area contributed by atoms with Crippen molar-refractivity contribution in [1.29, 1.82) is 0 Å². The van der Waals surface area contributed by atoms with Gasteiger partial charge in [-0.1, -0.05) is 0 Å². The molecule has 0 aromatic carbocycles. The molecule has 0 amide bonds. The van der Waals surface area contributed by atoms with Gasteiger partial charge in [0.15, 0.2) is 0 Å². The van der Waals surface area contributed by atoms with Gasteiger partial charge in [-0.2, -0.15) is 10.2 Å². The van der Waals surface area contributed by atoms with E-state index in [1.807, 2.05) is 12.1 Å². The van der Waals surface area contributed by atoms with E-state index in [4.69, 9.17) is 0 Å². The average Bonchev–Trinajstić information content (AvgIpc) is 2.08. The summed E-state index contributed by atoms with van der Waals surface area (Å²) in [5.74, 6) is -0.211. The third-order valence-corrected chi connectivity index (χ3v) is 0.831. The van der Waals surface area contributed by atoms with E-state index < -0.39 is 0 Å². The maximum Gasteiger partial charge on any atom is 0.302 e. The zero-order chi connectivity index (χ0) is 9.23. The minimum atomic E-state index is -0.211. The number of aromatic nitrogens is 2. The smallest absolute Gasteiger partial charge is 0.302 e. The van der Waals surface area contributed by atoms with E-state index in [0.29, 0.717) is 6.61 Å². The maximum absolute atomic E-state index is 9.82. The molecule has 0 unspecified atom stereocenters. The van der Waals surface area contributed by atoms with E-state index in [1.165, 1.54) is 6.92 Å². The Hall–Kier alpha value is -1.45. The highest BCUT2D eigenvalue weighted by Gasteiger charge is 1.81. The average molecular weight is 168 g/mol. The van der Waals surface area contributed by atoms with Crippen LogP contribution in [0.4, 0.5) is 0 Å². The molecule has 0 radical (unpaired) electrons. The number of esters is 1. The van der Waals surface area contributed by atoms with Crippen LogP contribution < -0.4 is 0 Å². The minimum Gasteiger partial charge on any atom is -0.466 e. The van der Waals surface area contributed by atoms with Gasteiger partial charge in [-0.3, -0.25) is 4.79 Å². The van der Waals surface area contributed by atoms with Crippen LogP contribution in [0, 0.1) is 0 Å². The molecule has 1 aromatic heterocycles. The first-order valence-electron chi connectivity index (χ1n) is 3.62. The molecule has 1 rings (SSSR count). The summed E-state index contributed by atoms with van der Waals surface area (Å²) in [5.41, 5.74) is 0. The van der Waals surface area contributed by atoms with Crippen molar-refractivity contribution in [1.82, 2.24) is 10.2 Å². The molecule has 4 heteroatoms. The zero-order valence-corrected chi connectivity index (χ0v) is 7.23. The lowest BCUT2D eigenvalue weighted by molar-refractivity contribution is -0.140. The fraction of sp³-hybridized carbons (Fsp3) is 0.375. The molecule has 12 heavy (non-hydrogen) atoms. The summed E-state index contributed by atoms with van der Waals surface area (Å²) in [7, 11) is 0. The number of hydrogen-bond acceptors (Lipinski definition) is 4. The van der Waals surface area contributed by atoms with Crippen LogP contribution in [0.1, 0.15) is 13.8 Å².